The minimum atomic E-state index is -2.01. The van der Waals surface area contributed by atoms with Gasteiger partial charge in [0.25, 0.3) is 0 Å². The summed E-state index contributed by atoms with van der Waals surface area (Å²) in [5, 5.41) is 10.6. The van der Waals surface area contributed by atoms with Crippen molar-refractivity contribution in [2.24, 2.45) is 23.2 Å². The molecule has 1 N–H and O–H groups in total. The average molecular weight is 711 g/mol. The third-order valence-corrected chi connectivity index (χ3v) is 22.1. The van der Waals surface area contributed by atoms with Crippen molar-refractivity contribution in [3.8, 4) is 11.8 Å². The van der Waals surface area contributed by atoms with E-state index in [1.54, 1.807) is 5.57 Å². The van der Waals surface area contributed by atoms with E-state index in [0.29, 0.717) is 17.8 Å². The number of rotatable bonds is 10. The van der Waals surface area contributed by atoms with Crippen molar-refractivity contribution in [3.63, 3.8) is 0 Å². The Hall–Kier alpha value is -1.70. The van der Waals surface area contributed by atoms with Crippen LogP contribution in [0.1, 0.15) is 113 Å². The van der Waals surface area contributed by atoms with Gasteiger partial charge in [0.1, 0.15) is 6.10 Å². The molecule has 0 aromatic carbocycles. The number of esters is 1. The fourth-order valence-corrected chi connectivity index (χ4v) is 10.6. The molecule has 0 saturated heterocycles. The van der Waals surface area contributed by atoms with Crippen LogP contribution in [0.3, 0.4) is 0 Å². The van der Waals surface area contributed by atoms with E-state index >= 15 is 0 Å². The number of carbonyl (C=O) groups excluding carboxylic acids is 1. The number of hydrogen-bond donors (Lipinski definition) is 1. The number of ether oxygens (including phenoxy) is 1. The molecule has 3 aliphatic carbocycles. The van der Waals surface area contributed by atoms with Crippen molar-refractivity contribution in [2.45, 2.75) is 168 Å². The van der Waals surface area contributed by atoms with Gasteiger partial charge in [-0.05, 0) is 109 Å². The normalized spacial score (nSPS) is 29.6. The van der Waals surface area contributed by atoms with Crippen molar-refractivity contribution in [2.75, 3.05) is 7.11 Å². The lowest BCUT2D eigenvalue weighted by atomic mass is 9.61. The molecule has 5 nitrogen and oxygen atoms in total. The van der Waals surface area contributed by atoms with Gasteiger partial charge in [-0.25, -0.2) is 4.79 Å². The fraction of sp³-hybridized carbons (Fsp3) is 0.738. The lowest BCUT2D eigenvalue weighted by Crippen LogP contribution is -2.49. The zero-order valence-electron chi connectivity index (χ0n) is 33.5. The van der Waals surface area contributed by atoms with Crippen LogP contribution in [0.4, 0.5) is 0 Å². The standard InChI is InChI=1S/C42H70O5Si2/c1-29(18-16-20-34(43)26-30(2)39(44)45-11)36-23-24-37-32(19-17-25-42(36,37)10)21-22-33-27-35(46-48(12,13)40(4,5)6)28-38(31(33)3)47-49(14,15)41(7,8)9/h21-22,29,34-38,43H,2-3,17-19,23-28H2,1,4-15H3/b32-21+,33-22-/t29-,34?,35-,36-,37+,38+,42-/m1/s1. The van der Waals surface area contributed by atoms with Crippen LogP contribution in [0, 0.1) is 35.0 Å². The quantitative estimate of drug-likeness (QED) is 0.106. The van der Waals surface area contributed by atoms with Crippen molar-refractivity contribution >= 4 is 22.6 Å². The maximum atomic E-state index is 11.6. The molecule has 0 bridgehead atoms. The van der Waals surface area contributed by atoms with Crippen LogP contribution in [0.15, 0.2) is 47.6 Å². The molecule has 276 valence electrons. The van der Waals surface area contributed by atoms with Crippen LogP contribution >= 0.6 is 0 Å². The van der Waals surface area contributed by atoms with Crippen LogP contribution < -0.4 is 0 Å². The second-order valence-electron chi connectivity index (χ2n) is 18.7. The van der Waals surface area contributed by atoms with E-state index in [1.807, 2.05) is 0 Å². The molecule has 0 heterocycles. The first kappa shape index (κ1) is 41.7. The molecule has 0 aromatic rings. The molecule has 3 saturated carbocycles. The van der Waals surface area contributed by atoms with Gasteiger partial charge >= 0.3 is 5.97 Å². The SMILES string of the molecule is C=C(CC(O)C#CC[C@@H](C)[C@H]1CC[C@H]2/C(=C/C=C3/C[C@@H](O[Si](C)(C)C(C)(C)C)C[C@H](O[Si](C)(C)C(C)(C)C)C3=C)CCC[C@]12C)C(=O)OC. The molecular weight excluding hydrogens is 641 g/mol. The summed E-state index contributed by atoms with van der Waals surface area (Å²) in [6.45, 7) is 36.5. The predicted octanol–water partition coefficient (Wildman–Crippen LogP) is 10.7. The molecule has 7 atom stereocenters. The summed E-state index contributed by atoms with van der Waals surface area (Å²) in [5.74, 6) is 7.26. The lowest BCUT2D eigenvalue weighted by Gasteiger charge is -2.45. The molecule has 0 aromatic heterocycles. The van der Waals surface area contributed by atoms with Crippen molar-refractivity contribution in [1.29, 1.82) is 0 Å². The van der Waals surface area contributed by atoms with Crippen molar-refractivity contribution in [3.05, 3.63) is 47.6 Å². The van der Waals surface area contributed by atoms with Gasteiger partial charge in [0, 0.05) is 24.8 Å². The summed E-state index contributed by atoms with van der Waals surface area (Å²) in [6, 6.07) is 0. The summed E-state index contributed by atoms with van der Waals surface area (Å²) >= 11 is 0. The monoisotopic (exact) mass is 710 g/mol. The van der Waals surface area contributed by atoms with Gasteiger partial charge in [-0.15, -0.1) is 5.92 Å². The molecule has 0 amide bonds. The number of allylic oxidation sites excluding steroid dienone is 3. The summed E-state index contributed by atoms with van der Waals surface area (Å²) in [4.78, 5) is 11.6. The summed E-state index contributed by atoms with van der Waals surface area (Å²) in [6.07, 6.45) is 12.7. The highest BCUT2D eigenvalue weighted by Crippen LogP contribution is 2.60. The Morgan fingerprint density at radius 2 is 1.67 bits per heavy atom. The van der Waals surface area contributed by atoms with E-state index in [0.717, 1.165) is 31.3 Å². The minimum absolute atomic E-state index is 0.0134. The van der Waals surface area contributed by atoms with Crippen molar-refractivity contribution in [1.82, 2.24) is 0 Å². The van der Waals surface area contributed by atoms with Gasteiger partial charge in [0.15, 0.2) is 16.6 Å². The van der Waals surface area contributed by atoms with Gasteiger partial charge in [-0.2, -0.15) is 0 Å². The maximum Gasteiger partial charge on any atom is 0.333 e. The maximum absolute atomic E-state index is 11.6. The van der Waals surface area contributed by atoms with Crippen LogP contribution in [0.5, 0.6) is 0 Å². The molecule has 49 heavy (non-hydrogen) atoms. The molecule has 0 spiro atoms. The lowest BCUT2D eigenvalue weighted by molar-refractivity contribution is -0.136. The number of methoxy groups -OCH3 is 1. The van der Waals surface area contributed by atoms with Crippen LogP contribution in [0.2, 0.25) is 36.3 Å². The third kappa shape index (κ3) is 10.0. The van der Waals surface area contributed by atoms with Gasteiger partial charge in [0.05, 0.1) is 19.3 Å². The highest BCUT2D eigenvalue weighted by atomic mass is 28.4. The van der Waals surface area contributed by atoms with Gasteiger partial charge < -0.3 is 18.7 Å². The van der Waals surface area contributed by atoms with E-state index in [1.165, 1.54) is 38.4 Å². The van der Waals surface area contributed by atoms with E-state index in [4.69, 9.17) is 13.6 Å². The first-order chi connectivity index (χ1) is 22.4. The first-order valence-corrected chi connectivity index (χ1v) is 24.6. The Balaban J connectivity index is 1.82. The molecule has 3 fully saturated rings. The summed E-state index contributed by atoms with van der Waals surface area (Å²) < 4.78 is 18.8. The molecule has 0 aliphatic heterocycles. The molecular formula is C42H70O5Si2. The highest BCUT2D eigenvalue weighted by molar-refractivity contribution is 6.74. The number of hydrogen-bond acceptors (Lipinski definition) is 5. The third-order valence-electron chi connectivity index (χ3n) is 13.1. The number of fused-ring (bicyclic) bond motifs is 1. The second-order valence-corrected chi connectivity index (χ2v) is 28.2. The number of carbonyl (C=O) groups is 1. The Labute approximate surface area is 302 Å². The molecule has 3 rings (SSSR count). The first-order valence-electron chi connectivity index (χ1n) is 18.8. The Morgan fingerprint density at radius 1 is 1.06 bits per heavy atom. The van der Waals surface area contributed by atoms with Crippen molar-refractivity contribution < 1.29 is 23.5 Å². The smallest absolute Gasteiger partial charge is 0.333 e. The Bertz CT molecular complexity index is 1350. The molecule has 1 unspecified atom stereocenters. The average Bonchev–Trinajstić information content (AvgIpc) is 3.33. The van der Waals surface area contributed by atoms with Gasteiger partial charge in [0.2, 0.25) is 0 Å². The highest BCUT2D eigenvalue weighted by Gasteiger charge is 2.50. The molecule has 7 heteroatoms. The Morgan fingerprint density at radius 3 is 2.27 bits per heavy atom. The van der Waals surface area contributed by atoms with E-state index in [-0.39, 0.29) is 39.7 Å². The van der Waals surface area contributed by atoms with E-state index < -0.39 is 28.7 Å². The topological polar surface area (TPSA) is 65.0 Å². The summed E-state index contributed by atoms with van der Waals surface area (Å²) in [7, 11) is -2.66. The van der Waals surface area contributed by atoms with Gasteiger partial charge in [-0.3, -0.25) is 0 Å². The second kappa shape index (κ2) is 15.9. The molecule has 0 radical (unpaired) electrons. The minimum Gasteiger partial charge on any atom is -0.466 e. The predicted molar refractivity (Wildman–Crippen MR) is 210 cm³/mol. The van der Waals surface area contributed by atoms with Crippen LogP contribution in [-0.2, 0) is 18.4 Å². The number of aliphatic hydroxyl groups excluding tert-OH is 1. The molecule has 3 aliphatic rings. The van der Waals surface area contributed by atoms with Crippen LogP contribution in [0.25, 0.3) is 0 Å². The zero-order valence-corrected chi connectivity index (χ0v) is 35.5. The summed E-state index contributed by atoms with van der Waals surface area (Å²) in [5.41, 5.74) is 4.51. The van der Waals surface area contributed by atoms with E-state index in [2.05, 4.69) is 119 Å². The fourth-order valence-electron chi connectivity index (χ4n) is 7.97. The number of aliphatic hydroxyl groups is 1. The zero-order chi connectivity index (χ0) is 37.2. The Kier molecular flexibility index (Phi) is 13.5. The van der Waals surface area contributed by atoms with E-state index in [9.17, 15) is 9.90 Å². The van der Waals surface area contributed by atoms with Gasteiger partial charge in [-0.1, -0.05) is 92.2 Å². The van der Waals surface area contributed by atoms with Crippen LogP contribution in [-0.4, -0.2) is 53.1 Å². The largest absolute Gasteiger partial charge is 0.466 e.